The smallest absolute Gasteiger partial charge is 0.161 e. The van der Waals surface area contributed by atoms with Gasteiger partial charge < -0.3 is 48.1 Å². The van der Waals surface area contributed by atoms with Gasteiger partial charge in [-0.2, -0.15) is 0 Å². The monoisotopic (exact) mass is 701 g/mol. The van der Waals surface area contributed by atoms with E-state index in [9.17, 15) is 10.2 Å². The number of benzene rings is 4. The fraction of sp³-hybridized carbons (Fsp3) is 0.390. The number of hydrogen-bond donors (Lipinski definition) is 2. The molecule has 1 radical (unpaired) electrons. The Kier molecular flexibility index (Phi) is 12.2. The lowest BCUT2D eigenvalue weighted by molar-refractivity contribution is 0.0369. The Hall–Kier alpha value is -4.64. The van der Waals surface area contributed by atoms with Crippen LogP contribution in [-0.4, -0.2) is 58.0 Å². The van der Waals surface area contributed by atoms with Gasteiger partial charge in [0.15, 0.2) is 34.5 Å². The van der Waals surface area contributed by atoms with Crippen LogP contribution in [0.5, 0.6) is 40.2 Å². The number of aryl methyl sites for hydroxylation is 1. The highest BCUT2D eigenvalue weighted by Gasteiger charge is 2.36. The van der Waals surface area contributed by atoms with E-state index in [4.69, 9.17) is 37.9 Å². The summed E-state index contributed by atoms with van der Waals surface area (Å²) < 4.78 is 46.5. The Morgan fingerprint density at radius 1 is 0.549 bits per heavy atom. The molecule has 0 spiro atoms. The van der Waals surface area contributed by atoms with E-state index in [0.717, 1.165) is 28.0 Å². The molecule has 1 aliphatic heterocycles. The summed E-state index contributed by atoms with van der Waals surface area (Å²) >= 11 is 0. The van der Waals surface area contributed by atoms with Crippen LogP contribution < -0.4 is 33.2 Å². The van der Waals surface area contributed by atoms with Gasteiger partial charge in [0.05, 0.1) is 47.8 Å². The first-order valence-electron chi connectivity index (χ1n) is 16.9. The van der Waals surface area contributed by atoms with Crippen molar-refractivity contribution in [2.24, 2.45) is 5.92 Å². The molecule has 0 aliphatic carbocycles. The largest absolute Gasteiger partial charge is 0.496 e. The van der Waals surface area contributed by atoms with Crippen molar-refractivity contribution in [2.75, 3.05) is 35.5 Å². The first kappa shape index (κ1) is 37.6. The van der Waals surface area contributed by atoms with Gasteiger partial charge in [-0.25, -0.2) is 0 Å². The molecule has 0 amide bonds. The topological polar surface area (TPSA) is 114 Å². The van der Waals surface area contributed by atoms with Gasteiger partial charge in [0, 0.05) is 6.42 Å². The first-order chi connectivity index (χ1) is 24.5. The zero-order valence-electron chi connectivity index (χ0n) is 30.7. The fourth-order valence-electron chi connectivity index (χ4n) is 6.39. The maximum absolute atomic E-state index is 11.1. The molecule has 4 aromatic rings. The molecule has 51 heavy (non-hydrogen) atoms. The lowest BCUT2D eigenvalue weighted by atomic mass is 9.94. The molecular weight excluding hydrogens is 652 g/mol. The predicted octanol–water partition coefficient (Wildman–Crippen LogP) is 7.69. The predicted molar refractivity (Wildman–Crippen MR) is 193 cm³/mol. The Morgan fingerprint density at radius 3 is 1.53 bits per heavy atom. The summed E-state index contributed by atoms with van der Waals surface area (Å²) in [6, 6.07) is 22.3. The van der Waals surface area contributed by atoms with Crippen molar-refractivity contribution in [1.29, 1.82) is 0 Å². The van der Waals surface area contributed by atoms with Gasteiger partial charge in [0.2, 0.25) is 0 Å². The highest BCUT2D eigenvalue weighted by molar-refractivity contribution is 5.47. The van der Waals surface area contributed by atoms with Gasteiger partial charge in [-0.3, -0.25) is 0 Å². The third kappa shape index (κ3) is 8.30. The van der Waals surface area contributed by atoms with Crippen LogP contribution in [0.1, 0.15) is 73.0 Å². The molecule has 0 aromatic heterocycles. The maximum atomic E-state index is 11.1. The Labute approximate surface area is 300 Å². The van der Waals surface area contributed by atoms with Crippen LogP contribution in [0.3, 0.4) is 0 Å². The number of ether oxygens (including phenoxy) is 8. The number of hydrogen-bond acceptors (Lipinski definition) is 10. The van der Waals surface area contributed by atoms with E-state index < -0.39 is 24.4 Å². The zero-order valence-corrected chi connectivity index (χ0v) is 30.7. The molecule has 1 heterocycles. The van der Waals surface area contributed by atoms with E-state index in [2.05, 4.69) is 13.3 Å². The molecular formula is C41H49O10. The zero-order chi connectivity index (χ0) is 36.8. The van der Waals surface area contributed by atoms with Gasteiger partial charge >= 0.3 is 0 Å². The minimum atomic E-state index is -0.929. The van der Waals surface area contributed by atoms with E-state index in [1.54, 1.807) is 60.7 Å². The maximum Gasteiger partial charge on any atom is 0.161 e. The van der Waals surface area contributed by atoms with Gasteiger partial charge in [0.1, 0.15) is 30.2 Å². The minimum Gasteiger partial charge on any atom is -0.496 e. The Morgan fingerprint density at radius 2 is 1.00 bits per heavy atom. The quantitative estimate of drug-likeness (QED) is 0.128. The van der Waals surface area contributed by atoms with E-state index in [1.807, 2.05) is 68.4 Å². The van der Waals surface area contributed by atoms with Gasteiger partial charge in [-0.1, -0.05) is 31.2 Å². The highest BCUT2D eigenvalue weighted by atomic mass is 16.5. The second-order valence-corrected chi connectivity index (χ2v) is 12.7. The van der Waals surface area contributed by atoms with Crippen LogP contribution >= 0.6 is 0 Å². The molecule has 10 nitrogen and oxygen atoms in total. The van der Waals surface area contributed by atoms with Crippen LogP contribution in [0.25, 0.3) is 0 Å². The van der Waals surface area contributed by atoms with Crippen molar-refractivity contribution in [2.45, 2.75) is 64.3 Å². The van der Waals surface area contributed by atoms with Crippen LogP contribution in [0, 0.1) is 19.3 Å². The molecule has 0 bridgehead atoms. The average molecular weight is 702 g/mol. The molecule has 273 valence electrons. The number of methoxy groups -OCH3 is 5. The molecule has 0 saturated carbocycles. The molecule has 1 aliphatic rings. The van der Waals surface area contributed by atoms with Gasteiger partial charge in [-0.15, -0.1) is 0 Å². The van der Waals surface area contributed by atoms with E-state index in [-0.39, 0.29) is 18.1 Å². The molecule has 2 unspecified atom stereocenters. The Balaban J connectivity index is 1.26. The SMILES string of the molecule is COc1ccc([C@@H](O)[C@@H](C)Oc2ccc(C3OC(c4ccc(O[C@H](C)[C@H](O)c5ccc(OC)c(OC)c5)c(OC)c4)[CH][C@H]3C)cc2OC)cc1C. The summed E-state index contributed by atoms with van der Waals surface area (Å²) in [4.78, 5) is 0. The van der Waals surface area contributed by atoms with Crippen molar-refractivity contribution >= 4 is 0 Å². The van der Waals surface area contributed by atoms with E-state index >= 15 is 0 Å². The molecule has 1 saturated heterocycles. The number of rotatable bonds is 15. The standard InChI is InChI=1S/C41H49O10/c1-23-18-28(11-14-31(23)44-5)39(42)25(3)49-34-17-13-30(22-38(34)48-9)41-24(2)19-35(51-41)27-10-16-33(37(20-27)47-8)50-26(4)40(43)29-12-15-32(45-6)36(21-29)46-7/h10-22,24-26,35,39-43H,1-9H3/t24-,25-,26-,35?,39+,40+,41?/m1/s1. The highest BCUT2D eigenvalue weighted by Crippen LogP contribution is 2.47. The summed E-state index contributed by atoms with van der Waals surface area (Å²) in [5, 5.41) is 22.1. The third-order valence-corrected chi connectivity index (χ3v) is 9.31. The van der Waals surface area contributed by atoms with Crippen LogP contribution in [0.4, 0.5) is 0 Å². The van der Waals surface area contributed by atoms with E-state index in [1.165, 1.54) is 0 Å². The van der Waals surface area contributed by atoms with E-state index in [0.29, 0.717) is 40.1 Å². The van der Waals surface area contributed by atoms with Crippen LogP contribution in [-0.2, 0) is 4.74 Å². The normalized spacial score (nSPS) is 19.4. The third-order valence-electron chi connectivity index (χ3n) is 9.31. The molecule has 4 aromatic carbocycles. The van der Waals surface area contributed by atoms with Gasteiger partial charge in [0.25, 0.3) is 0 Å². The van der Waals surface area contributed by atoms with Gasteiger partial charge in [-0.05, 0) is 103 Å². The summed E-state index contributed by atoms with van der Waals surface area (Å²) in [6.07, 6.45) is -1.29. The number of aliphatic hydroxyl groups excluding tert-OH is 2. The van der Waals surface area contributed by atoms with Crippen molar-refractivity contribution in [3.63, 3.8) is 0 Å². The first-order valence-corrected chi connectivity index (χ1v) is 16.9. The molecule has 10 heteroatoms. The summed E-state index contributed by atoms with van der Waals surface area (Å²) in [5.74, 6) is 4.04. The molecule has 1 fully saturated rings. The lowest BCUT2D eigenvalue weighted by Gasteiger charge is -2.24. The molecule has 7 atom stereocenters. The molecule has 5 rings (SSSR count). The summed E-state index contributed by atoms with van der Waals surface area (Å²) in [5.41, 5.74) is 4.16. The summed E-state index contributed by atoms with van der Waals surface area (Å²) in [7, 11) is 7.92. The van der Waals surface area contributed by atoms with Crippen molar-refractivity contribution in [1.82, 2.24) is 0 Å². The van der Waals surface area contributed by atoms with Crippen molar-refractivity contribution in [3.05, 3.63) is 107 Å². The Bertz CT molecular complexity index is 1770. The lowest BCUT2D eigenvalue weighted by Crippen LogP contribution is -2.22. The molecule has 2 N–H and O–H groups in total. The van der Waals surface area contributed by atoms with Crippen molar-refractivity contribution < 1.29 is 48.1 Å². The van der Waals surface area contributed by atoms with Crippen LogP contribution in [0.15, 0.2) is 72.8 Å². The summed E-state index contributed by atoms with van der Waals surface area (Å²) in [6.45, 7) is 7.67. The average Bonchev–Trinajstić information content (AvgIpc) is 3.55. The van der Waals surface area contributed by atoms with Crippen molar-refractivity contribution in [3.8, 4) is 40.2 Å². The second-order valence-electron chi connectivity index (χ2n) is 12.7. The fourth-order valence-corrected chi connectivity index (χ4v) is 6.39. The minimum absolute atomic E-state index is 0.0871. The second kappa shape index (κ2) is 16.6. The van der Waals surface area contributed by atoms with Crippen LogP contribution in [0.2, 0.25) is 0 Å². The number of aliphatic hydroxyl groups is 2.